The molecule has 1 heterocycles. The molecule has 0 bridgehead atoms. The van der Waals surface area contributed by atoms with Crippen LogP contribution in [0.2, 0.25) is 0 Å². The van der Waals surface area contributed by atoms with Gasteiger partial charge in [-0.1, -0.05) is 19.1 Å². The minimum Gasteiger partial charge on any atom is -0.370 e. The Morgan fingerprint density at radius 2 is 2.06 bits per heavy atom. The molecular weight excluding hydrogens is 292 g/mol. The van der Waals surface area contributed by atoms with Gasteiger partial charge in [0.15, 0.2) is 0 Å². The lowest BCUT2D eigenvalue weighted by Crippen LogP contribution is -2.04. The van der Waals surface area contributed by atoms with Crippen molar-refractivity contribution in [1.29, 1.82) is 0 Å². The minimum absolute atomic E-state index is 0.586. The van der Waals surface area contributed by atoms with E-state index in [1.165, 1.54) is 0 Å². The SMILES string of the molecule is CCCNc1ccnc(Nc2ccccc2Br)n1. The van der Waals surface area contributed by atoms with Gasteiger partial charge in [0.25, 0.3) is 0 Å². The zero-order valence-electron chi connectivity index (χ0n) is 10.2. The summed E-state index contributed by atoms with van der Waals surface area (Å²) in [7, 11) is 0. The van der Waals surface area contributed by atoms with Crippen LogP contribution in [0.25, 0.3) is 0 Å². The molecule has 2 aromatic rings. The van der Waals surface area contributed by atoms with Gasteiger partial charge in [-0.25, -0.2) is 4.98 Å². The highest BCUT2D eigenvalue weighted by atomic mass is 79.9. The molecule has 0 fully saturated rings. The van der Waals surface area contributed by atoms with E-state index in [9.17, 15) is 0 Å². The van der Waals surface area contributed by atoms with E-state index in [0.29, 0.717) is 5.95 Å². The molecule has 0 radical (unpaired) electrons. The zero-order valence-corrected chi connectivity index (χ0v) is 11.7. The molecule has 5 heteroatoms. The Balaban J connectivity index is 2.12. The molecule has 1 aromatic carbocycles. The first kappa shape index (κ1) is 12.8. The molecule has 94 valence electrons. The number of hydrogen-bond acceptors (Lipinski definition) is 4. The zero-order chi connectivity index (χ0) is 12.8. The van der Waals surface area contributed by atoms with E-state index >= 15 is 0 Å². The topological polar surface area (TPSA) is 49.8 Å². The van der Waals surface area contributed by atoms with E-state index in [1.54, 1.807) is 6.20 Å². The van der Waals surface area contributed by atoms with Crippen molar-refractivity contribution in [3.8, 4) is 0 Å². The lowest BCUT2D eigenvalue weighted by Gasteiger charge is -2.08. The van der Waals surface area contributed by atoms with Crippen LogP contribution < -0.4 is 10.6 Å². The smallest absolute Gasteiger partial charge is 0.229 e. The van der Waals surface area contributed by atoms with Crippen LogP contribution in [0.15, 0.2) is 41.0 Å². The van der Waals surface area contributed by atoms with Crippen LogP contribution in [0.4, 0.5) is 17.5 Å². The molecule has 0 atom stereocenters. The van der Waals surface area contributed by atoms with Crippen LogP contribution >= 0.6 is 15.9 Å². The van der Waals surface area contributed by atoms with Gasteiger partial charge in [-0.05, 0) is 40.5 Å². The molecule has 0 saturated heterocycles. The predicted molar refractivity (Wildman–Crippen MR) is 78.2 cm³/mol. The number of nitrogens with one attached hydrogen (secondary N) is 2. The van der Waals surface area contributed by atoms with Gasteiger partial charge in [-0.15, -0.1) is 0 Å². The van der Waals surface area contributed by atoms with Crippen molar-refractivity contribution in [1.82, 2.24) is 9.97 Å². The van der Waals surface area contributed by atoms with Crippen LogP contribution in [-0.4, -0.2) is 16.5 Å². The summed E-state index contributed by atoms with van der Waals surface area (Å²) in [6.07, 6.45) is 2.81. The van der Waals surface area contributed by atoms with Gasteiger partial charge in [0.2, 0.25) is 5.95 Å². The van der Waals surface area contributed by atoms with Gasteiger partial charge >= 0.3 is 0 Å². The molecule has 2 rings (SSSR count). The van der Waals surface area contributed by atoms with Crippen LogP contribution in [0, 0.1) is 0 Å². The Hall–Kier alpha value is -1.62. The van der Waals surface area contributed by atoms with E-state index in [4.69, 9.17) is 0 Å². The second kappa shape index (κ2) is 6.35. The van der Waals surface area contributed by atoms with Gasteiger partial charge in [0, 0.05) is 17.2 Å². The lowest BCUT2D eigenvalue weighted by molar-refractivity contribution is 0.966. The molecule has 0 unspecified atom stereocenters. The second-order valence-electron chi connectivity index (χ2n) is 3.80. The van der Waals surface area contributed by atoms with Crippen molar-refractivity contribution in [2.45, 2.75) is 13.3 Å². The van der Waals surface area contributed by atoms with E-state index in [1.807, 2.05) is 30.3 Å². The Labute approximate surface area is 115 Å². The third-order valence-corrected chi connectivity index (χ3v) is 3.02. The minimum atomic E-state index is 0.586. The average Bonchev–Trinajstić information content (AvgIpc) is 2.40. The largest absolute Gasteiger partial charge is 0.370 e. The maximum atomic E-state index is 4.39. The molecule has 0 spiro atoms. The molecule has 1 aromatic heterocycles. The normalized spacial score (nSPS) is 10.1. The van der Waals surface area contributed by atoms with E-state index < -0.39 is 0 Å². The molecule has 18 heavy (non-hydrogen) atoms. The Morgan fingerprint density at radius 1 is 1.22 bits per heavy atom. The summed E-state index contributed by atoms with van der Waals surface area (Å²) in [6.45, 7) is 3.03. The quantitative estimate of drug-likeness (QED) is 0.882. The summed E-state index contributed by atoms with van der Waals surface area (Å²) in [5, 5.41) is 6.41. The van der Waals surface area contributed by atoms with Crippen molar-refractivity contribution in [2.24, 2.45) is 0 Å². The van der Waals surface area contributed by atoms with Gasteiger partial charge in [0.05, 0.1) is 5.69 Å². The van der Waals surface area contributed by atoms with Gasteiger partial charge < -0.3 is 10.6 Å². The van der Waals surface area contributed by atoms with Crippen molar-refractivity contribution in [3.05, 3.63) is 41.0 Å². The first-order chi connectivity index (χ1) is 8.79. The number of rotatable bonds is 5. The first-order valence-corrected chi connectivity index (χ1v) is 6.67. The molecule has 0 saturated carbocycles. The Bertz CT molecular complexity index is 516. The molecule has 4 nitrogen and oxygen atoms in total. The molecule has 0 aliphatic rings. The highest BCUT2D eigenvalue weighted by molar-refractivity contribution is 9.10. The van der Waals surface area contributed by atoms with Gasteiger partial charge in [-0.2, -0.15) is 4.98 Å². The first-order valence-electron chi connectivity index (χ1n) is 5.88. The van der Waals surface area contributed by atoms with Crippen molar-refractivity contribution >= 4 is 33.4 Å². The summed E-state index contributed by atoms with van der Waals surface area (Å²) in [6, 6.07) is 9.74. The predicted octanol–water partition coefficient (Wildman–Crippen LogP) is 3.80. The number of nitrogens with zero attached hydrogens (tertiary/aromatic N) is 2. The Kier molecular flexibility index (Phi) is 4.52. The van der Waals surface area contributed by atoms with Crippen LogP contribution in [0.1, 0.15) is 13.3 Å². The van der Waals surface area contributed by atoms with Crippen molar-refractivity contribution in [2.75, 3.05) is 17.2 Å². The number of aromatic nitrogens is 2. The fraction of sp³-hybridized carbons (Fsp3) is 0.231. The summed E-state index contributed by atoms with van der Waals surface area (Å²) in [4.78, 5) is 8.59. The average molecular weight is 307 g/mol. The van der Waals surface area contributed by atoms with E-state index in [0.717, 1.165) is 28.9 Å². The van der Waals surface area contributed by atoms with E-state index in [-0.39, 0.29) is 0 Å². The Morgan fingerprint density at radius 3 is 2.83 bits per heavy atom. The summed E-state index contributed by atoms with van der Waals surface area (Å²) >= 11 is 3.48. The van der Waals surface area contributed by atoms with Crippen LogP contribution in [0.5, 0.6) is 0 Å². The maximum Gasteiger partial charge on any atom is 0.229 e. The number of hydrogen-bond donors (Lipinski definition) is 2. The molecular formula is C13H15BrN4. The standard InChI is InChI=1S/C13H15BrN4/c1-2-8-15-12-7-9-16-13(18-12)17-11-6-4-3-5-10(11)14/h3-7,9H,2,8H2,1H3,(H2,15,16,17,18). The monoisotopic (exact) mass is 306 g/mol. The number of benzene rings is 1. The third kappa shape index (κ3) is 3.43. The number of anilines is 3. The second-order valence-corrected chi connectivity index (χ2v) is 4.65. The molecule has 0 aliphatic carbocycles. The van der Waals surface area contributed by atoms with Gasteiger partial charge in [-0.3, -0.25) is 0 Å². The third-order valence-electron chi connectivity index (χ3n) is 2.33. The molecule has 0 aliphatic heterocycles. The van der Waals surface area contributed by atoms with Crippen molar-refractivity contribution < 1.29 is 0 Å². The fourth-order valence-electron chi connectivity index (χ4n) is 1.45. The van der Waals surface area contributed by atoms with Gasteiger partial charge in [0.1, 0.15) is 5.82 Å². The van der Waals surface area contributed by atoms with Crippen molar-refractivity contribution in [3.63, 3.8) is 0 Å². The summed E-state index contributed by atoms with van der Waals surface area (Å²) < 4.78 is 0.987. The number of halogens is 1. The number of para-hydroxylation sites is 1. The lowest BCUT2D eigenvalue weighted by atomic mass is 10.3. The highest BCUT2D eigenvalue weighted by Gasteiger charge is 2.02. The van der Waals surface area contributed by atoms with Crippen LogP contribution in [-0.2, 0) is 0 Å². The molecule has 2 N–H and O–H groups in total. The molecule has 0 amide bonds. The summed E-state index contributed by atoms with van der Waals surface area (Å²) in [5.74, 6) is 1.42. The van der Waals surface area contributed by atoms with Crippen LogP contribution in [0.3, 0.4) is 0 Å². The maximum absolute atomic E-state index is 4.39. The summed E-state index contributed by atoms with van der Waals surface area (Å²) in [5.41, 5.74) is 0.949. The fourth-order valence-corrected chi connectivity index (χ4v) is 1.84. The van der Waals surface area contributed by atoms with E-state index in [2.05, 4.69) is 43.5 Å². The highest BCUT2D eigenvalue weighted by Crippen LogP contribution is 2.23.